The third kappa shape index (κ3) is 6.52. The molecule has 0 aliphatic carbocycles. The van der Waals surface area contributed by atoms with Crippen LogP contribution in [0.2, 0.25) is 0 Å². The number of hydrogen-bond acceptors (Lipinski definition) is 3. The standard InChI is InChI=1S/C9H16BNO2/c1-3-9(13)5-8(11-6-10)4-7(2)12/h8,11H,3-6H2,1-2H3. The Morgan fingerprint density at radius 3 is 2.38 bits per heavy atom. The summed E-state index contributed by atoms with van der Waals surface area (Å²) in [6.07, 6.45) is 1.59. The Morgan fingerprint density at radius 1 is 1.38 bits per heavy atom. The molecule has 4 heteroatoms. The number of hydrogen-bond donors (Lipinski definition) is 1. The highest BCUT2D eigenvalue weighted by Crippen LogP contribution is 2.01. The quantitative estimate of drug-likeness (QED) is 0.579. The second kappa shape index (κ2) is 6.84. The minimum Gasteiger partial charge on any atom is -0.322 e. The van der Waals surface area contributed by atoms with Gasteiger partial charge < -0.3 is 5.32 Å². The summed E-state index contributed by atoms with van der Waals surface area (Å²) in [5, 5.41) is 2.92. The van der Waals surface area contributed by atoms with Crippen molar-refractivity contribution in [2.24, 2.45) is 0 Å². The summed E-state index contributed by atoms with van der Waals surface area (Å²) in [6, 6.07) is -0.0880. The summed E-state index contributed by atoms with van der Waals surface area (Å²) in [4.78, 5) is 21.9. The maximum Gasteiger partial charge on any atom is 0.134 e. The van der Waals surface area contributed by atoms with E-state index in [-0.39, 0.29) is 17.6 Å². The van der Waals surface area contributed by atoms with E-state index in [9.17, 15) is 9.59 Å². The first-order valence-electron chi connectivity index (χ1n) is 4.54. The molecule has 0 aromatic rings. The second-order valence-corrected chi connectivity index (χ2v) is 3.11. The maximum absolute atomic E-state index is 11.1. The average molecular weight is 181 g/mol. The average Bonchev–Trinajstić information content (AvgIpc) is 2.03. The highest BCUT2D eigenvalue weighted by molar-refractivity contribution is 6.08. The molecule has 1 atom stereocenters. The molecule has 0 fully saturated rings. The van der Waals surface area contributed by atoms with Crippen LogP contribution in [0, 0.1) is 0 Å². The van der Waals surface area contributed by atoms with E-state index >= 15 is 0 Å². The van der Waals surface area contributed by atoms with Crippen LogP contribution in [0.25, 0.3) is 0 Å². The van der Waals surface area contributed by atoms with Gasteiger partial charge in [-0.15, -0.1) is 0 Å². The zero-order valence-corrected chi connectivity index (χ0v) is 8.30. The fourth-order valence-corrected chi connectivity index (χ4v) is 1.15. The van der Waals surface area contributed by atoms with Crippen molar-refractivity contribution in [1.82, 2.24) is 5.32 Å². The van der Waals surface area contributed by atoms with Gasteiger partial charge in [-0.05, 0) is 13.4 Å². The third-order valence-corrected chi connectivity index (χ3v) is 1.81. The number of nitrogens with one attached hydrogen (secondary N) is 1. The summed E-state index contributed by atoms with van der Waals surface area (Å²) < 4.78 is 0. The van der Waals surface area contributed by atoms with Gasteiger partial charge in [0.15, 0.2) is 0 Å². The summed E-state index contributed by atoms with van der Waals surface area (Å²) in [5.74, 6) is 0.238. The molecule has 0 aliphatic rings. The minimum atomic E-state index is -0.0880. The van der Waals surface area contributed by atoms with Gasteiger partial charge in [0.05, 0.1) is 7.85 Å². The Balaban J connectivity index is 3.93. The van der Waals surface area contributed by atoms with Gasteiger partial charge in [-0.25, -0.2) is 0 Å². The Hall–Kier alpha value is -0.635. The molecule has 72 valence electrons. The van der Waals surface area contributed by atoms with Crippen LogP contribution in [-0.4, -0.2) is 31.9 Å². The SMILES string of the molecule is [B]CNC(CC(C)=O)CC(=O)CC. The van der Waals surface area contributed by atoms with Gasteiger partial charge in [-0.2, -0.15) is 0 Å². The summed E-state index contributed by atoms with van der Waals surface area (Å²) in [6.45, 7) is 3.33. The highest BCUT2D eigenvalue weighted by atomic mass is 16.1. The molecule has 0 spiro atoms. The lowest BCUT2D eigenvalue weighted by Crippen LogP contribution is -2.33. The lowest BCUT2D eigenvalue weighted by molar-refractivity contribution is -0.120. The smallest absolute Gasteiger partial charge is 0.134 e. The van der Waals surface area contributed by atoms with Gasteiger partial charge in [0.2, 0.25) is 0 Å². The molecule has 0 amide bonds. The van der Waals surface area contributed by atoms with Crippen LogP contribution in [0.1, 0.15) is 33.1 Å². The maximum atomic E-state index is 11.1. The minimum absolute atomic E-state index is 0.0786. The summed E-state index contributed by atoms with van der Waals surface area (Å²) in [5.41, 5.74) is 0. The van der Waals surface area contributed by atoms with Crippen LogP contribution in [0.15, 0.2) is 0 Å². The Morgan fingerprint density at radius 2 is 2.00 bits per heavy atom. The molecule has 3 nitrogen and oxygen atoms in total. The molecule has 1 N–H and O–H groups in total. The normalized spacial score (nSPS) is 12.5. The fraction of sp³-hybridized carbons (Fsp3) is 0.778. The van der Waals surface area contributed by atoms with Crippen LogP contribution < -0.4 is 5.32 Å². The van der Waals surface area contributed by atoms with Crippen molar-refractivity contribution in [2.75, 3.05) is 6.44 Å². The lowest BCUT2D eigenvalue weighted by atomic mass is 10.0. The van der Waals surface area contributed by atoms with E-state index in [0.29, 0.717) is 25.7 Å². The number of Topliss-reactive ketones (excluding diaryl/α,β-unsaturated/α-hetero) is 2. The summed E-state index contributed by atoms with van der Waals surface area (Å²) in [7, 11) is 5.29. The van der Waals surface area contributed by atoms with Crippen LogP contribution in [0.3, 0.4) is 0 Å². The molecule has 0 saturated carbocycles. The number of carbonyl (C=O) groups is 2. The zero-order valence-electron chi connectivity index (χ0n) is 8.30. The Bertz CT molecular complexity index is 182. The molecule has 1 unspecified atom stereocenters. The van der Waals surface area contributed by atoms with Crippen molar-refractivity contribution in [2.45, 2.75) is 39.2 Å². The van der Waals surface area contributed by atoms with E-state index < -0.39 is 0 Å². The van der Waals surface area contributed by atoms with E-state index in [0.717, 1.165) is 0 Å². The Labute approximate surface area is 80.7 Å². The number of rotatable bonds is 7. The van der Waals surface area contributed by atoms with Gasteiger partial charge in [0, 0.05) is 25.3 Å². The third-order valence-electron chi connectivity index (χ3n) is 1.81. The molecule has 0 bridgehead atoms. The molecule has 0 aliphatic heterocycles. The van der Waals surface area contributed by atoms with Crippen LogP contribution in [-0.2, 0) is 9.59 Å². The molecule has 0 aromatic heterocycles. The predicted octanol–water partition coefficient (Wildman–Crippen LogP) is 0.419. The van der Waals surface area contributed by atoms with Gasteiger partial charge in [0.1, 0.15) is 11.6 Å². The van der Waals surface area contributed by atoms with Crippen molar-refractivity contribution in [1.29, 1.82) is 0 Å². The number of carbonyl (C=O) groups excluding carboxylic acids is 2. The second-order valence-electron chi connectivity index (χ2n) is 3.11. The van der Waals surface area contributed by atoms with Gasteiger partial charge in [0.25, 0.3) is 0 Å². The molecule has 2 radical (unpaired) electrons. The van der Waals surface area contributed by atoms with E-state index in [4.69, 9.17) is 7.85 Å². The van der Waals surface area contributed by atoms with Gasteiger partial charge in [-0.1, -0.05) is 6.92 Å². The molecular weight excluding hydrogens is 165 g/mol. The Kier molecular flexibility index (Phi) is 6.50. The number of ketones is 2. The van der Waals surface area contributed by atoms with Gasteiger partial charge in [-0.3, -0.25) is 9.59 Å². The molecule has 13 heavy (non-hydrogen) atoms. The summed E-state index contributed by atoms with van der Waals surface area (Å²) >= 11 is 0. The molecule has 0 aromatic carbocycles. The monoisotopic (exact) mass is 181 g/mol. The van der Waals surface area contributed by atoms with Crippen LogP contribution >= 0.6 is 0 Å². The zero-order chi connectivity index (χ0) is 10.3. The molecule has 0 heterocycles. The highest BCUT2D eigenvalue weighted by Gasteiger charge is 2.12. The fourth-order valence-electron chi connectivity index (χ4n) is 1.15. The topological polar surface area (TPSA) is 46.2 Å². The lowest BCUT2D eigenvalue weighted by Gasteiger charge is -2.14. The van der Waals surface area contributed by atoms with E-state index in [2.05, 4.69) is 5.32 Å². The van der Waals surface area contributed by atoms with Gasteiger partial charge >= 0.3 is 0 Å². The molecule has 0 rings (SSSR count). The predicted molar refractivity (Wildman–Crippen MR) is 52.8 cm³/mol. The first-order valence-corrected chi connectivity index (χ1v) is 4.54. The van der Waals surface area contributed by atoms with Crippen molar-refractivity contribution in [3.63, 3.8) is 0 Å². The van der Waals surface area contributed by atoms with Crippen molar-refractivity contribution >= 4 is 19.4 Å². The van der Waals surface area contributed by atoms with E-state index in [1.807, 2.05) is 6.92 Å². The van der Waals surface area contributed by atoms with Crippen LogP contribution in [0.4, 0.5) is 0 Å². The van der Waals surface area contributed by atoms with Crippen molar-refractivity contribution in [3.8, 4) is 0 Å². The van der Waals surface area contributed by atoms with Crippen molar-refractivity contribution in [3.05, 3.63) is 0 Å². The van der Waals surface area contributed by atoms with Crippen LogP contribution in [0.5, 0.6) is 0 Å². The first-order chi connectivity index (χ1) is 6.10. The van der Waals surface area contributed by atoms with E-state index in [1.165, 1.54) is 6.92 Å². The molecule has 0 saturated heterocycles. The van der Waals surface area contributed by atoms with Crippen molar-refractivity contribution < 1.29 is 9.59 Å². The largest absolute Gasteiger partial charge is 0.322 e. The molecular formula is C9H16BNO2. The first kappa shape index (κ1) is 12.4. The van der Waals surface area contributed by atoms with E-state index in [1.54, 1.807) is 0 Å².